The minimum absolute atomic E-state index is 0.0216. The number of fused-ring (bicyclic) bond motifs is 1. The molecule has 10 nitrogen and oxygen atoms in total. The lowest BCUT2D eigenvalue weighted by Gasteiger charge is -2.29. The van der Waals surface area contributed by atoms with Crippen molar-refractivity contribution >= 4 is 34.7 Å². The van der Waals surface area contributed by atoms with Gasteiger partial charge in [-0.3, -0.25) is 24.3 Å². The maximum absolute atomic E-state index is 14.1. The van der Waals surface area contributed by atoms with Gasteiger partial charge in [-0.05, 0) is 63.8 Å². The summed E-state index contributed by atoms with van der Waals surface area (Å²) in [6.07, 6.45) is 4.80. The first-order valence-corrected chi connectivity index (χ1v) is 15.1. The first-order valence-electron chi connectivity index (χ1n) is 14.3. The van der Waals surface area contributed by atoms with E-state index in [1.54, 1.807) is 35.6 Å². The second-order valence-electron chi connectivity index (χ2n) is 10.4. The van der Waals surface area contributed by atoms with Crippen molar-refractivity contribution in [3.8, 4) is 5.75 Å². The Morgan fingerprint density at radius 3 is 2.55 bits per heavy atom. The fourth-order valence-corrected chi connectivity index (χ4v) is 6.84. The van der Waals surface area contributed by atoms with Crippen LogP contribution in [0.4, 0.5) is 11.4 Å². The van der Waals surface area contributed by atoms with E-state index in [1.807, 2.05) is 44.2 Å². The van der Waals surface area contributed by atoms with Crippen LogP contribution in [0, 0.1) is 10.1 Å². The van der Waals surface area contributed by atoms with Crippen LogP contribution < -0.4 is 24.5 Å². The third kappa shape index (κ3) is 5.36. The number of methoxy groups -OCH3 is 1. The smallest absolute Gasteiger partial charge is 0.293 e. The number of likely N-dealkylation sites (N-methyl/N-ethyl adjacent to an activating group) is 1. The third-order valence-electron chi connectivity index (χ3n) is 7.93. The molecule has 0 unspecified atom stereocenters. The molecule has 42 heavy (non-hydrogen) atoms. The number of anilines is 1. The fraction of sp³-hybridized carbons (Fsp3) is 0.387. The lowest BCUT2D eigenvalue weighted by atomic mass is 9.94. The number of nitrogens with zero attached hydrogens (tertiary/aromatic N) is 5. The molecule has 220 valence electrons. The molecule has 0 bridgehead atoms. The van der Waals surface area contributed by atoms with Crippen LogP contribution in [-0.4, -0.2) is 53.6 Å². The van der Waals surface area contributed by atoms with Gasteiger partial charge in [-0.25, -0.2) is 4.99 Å². The van der Waals surface area contributed by atoms with Gasteiger partial charge in [-0.1, -0.05) is 35.6 Å². The van der Waals surface area contributed by atoms with E-state index in [1.165, 1.54) is 17.4 Å². The van der Waals surface area contributed by atoms with Crippen LogP contribution in [0.15, 0.2) is 63.5 Å². The van der Waals surface area contributed by atoms with Gasteiger partial charge in [-0.2, -0.15) is 0 Å². The molecule has 2 aliphatic heterocycles. The van der Waals surface area contributed by atoms with Crippen molar-refractivity contribution < 1.29 is 14.5 Å². The monoisotopic (exact) mass is 589 g/mol. The second-order valence-corrected chi connectivity index (χ2v) is 11.4. The zero-order chi connectivity index (χ0) is 30.0. The Morgan fingerprint density at radius 2 is 1.88 bits per heavy atom. The summed E-state index contributed by atoms with van der Waals surface area (Å²) < 4.78 is 7.59. The SMILES string of the molecule is CCN(CC)C(=O)C1=C(C)N=c2s/c(=C\c3ccc(N4CCCCC4)c([N+](=O)[O-])c3)c(=O)n2[C@H]1c1ccccc1OC. The van der Waals surface area contributed by atoms with Gasteiger partial charge < -0.3 is 14.5 Å². The van der Waals surface area contributed by atoms with Crippen LogP contribution >= 0.6 is 11.3 Å². The number of carbonyl (C=O) groups excluding carboxylic acids is 1. The molecule has 1 atom stereocenters. The topological polar surface area (TPSA) is 110 Å². The number of benzene rings is 2. The molecule has 2 aromatic carbocycles. The van der Waals surface area contributed by atoms with Gasteiger partial charge in [0.05, 0.1) is 27.8 Å². The first kappa shape index (κ1) is 29.2. The molecule has 1 fully saturated rings. The number of hydrogen-bond acceptors (Lipinski definition) is 8. The number of hydrogen-bond donors (Lipinski definition) is 0. The maximum Gasteiger partial charge on any atom is 0.293 e. The van der Waals surface area contributed by atoms with E-state index in [-0.39, 0.29) is 22.1 Å². The summed E-state index contributed by atoms with van der Waals surface area (Å²) in [6, 6.07) is 11.7. The molecule has 0 radical (unpaired) electrons. The molecule has 1 aromatic heterocycles. The molecule has 0 aliphatic carbocycles. The number of para-hydroxylation sites is 1. The van der Waals surface area contributed by atoms with Gasteiger partial charge in [0.15, 0.2) is 4.80 Å². The summed E-state index contributed by atoms with van der Waals surface area (Å²) in [7, 11) is 1.56. The highest BCUT2D eigenvalue weighted by Gasteiger charge is 2.35. The van der Waals surface area contributed by atoms with Crippen LogP contribution in [0.2, 0.25) is 0 Å². The second kappa shape index (κ2) is 12.3. The summed E-state index contributed by atoms with van der Waals surface area (Å²) in [5.41, 5.74) is 2.49. The number of amides is 1. The molecule has 0 saturated carbocycles. The van der Waals surface area contributed by atoms with E-state index in [9.17, 15) is 19.7 Å². The number of rotatable bonds is 8. The number of thiazole rings is 1. The lowest BCUT2D eigenvalue weighted by molar-refractivity contribution is -0.384. The Balaban J connectivity index is 1.67. The van der Waals surface area contributed by atoms with E-state index in [0.29, 0.717) is 56.3 Å². The number of ether oxygens (including phenoxy) is 1. The number of piperidine rings is 1. The summed E-state index contributed by atoms with van der Waals surface area (Å²) >= 11 is 1.20. The van der Waals surface area contributed by atoms with Gasteiger partial charge in [0.25, 0.3) is 17.2 Å². The number of nitro groups is 1. The Kier molecular flexibility index (Phi) is 8.58. The molecular weight excluding hydrogens is 554 g/mol. The third-order valence-corrected chi connectivity index (χ3v) is 8.91. The average Bonchev–Trinajstić information content (AvgIpc) is 3.31. The van der Waals surface area contributed by atoms with Crippen molar-refractivity contribution in [1.29, 1.82) is 0 Å². The Hall–Kier alpha value is -4.25. The Bertz CT molecular complexity index is 1730. The summed E-state index contributed by atoms with van der Waals surface area (Å²) in [5.74, 6) is 0.371. The molecule has 5 rings (SSSR count). The lowest BCUT2D eigenvalue weighted by Crippen LogP contribution is -2.43. The van der Waals surface area contributed by atoms with Gasteiger partial charge in [0.1, 0.15) is 17.5 Å². The highest BCUT2D eigenvalue weighted by atomic mass is 32.1. The van der Waals surface area contributed by atoms with Crippen molar-refractivity contribution in [2.75, 3.05) is 38.2 Å². The quantitative estimate of drug-likeness (QED) is 0.290. The van der Waals surface area contributed by atoms with Crippen LogP contribution in [0.1, 0.15) is 57.2 Å². The van der Waals surface area contributed by atoms with Gasteiger partial charge in [0.2, 0.25) is 0 Å². The molecule has 3 aromatic rings. The van der Waals surface area contributed by atoms with E-state index in [2.05, 4.69) is 4.90 Å². The number of aromatic nitrogens is 1. The van der Waals surface area contributed by atoms with E-state index < -0.39 is 6.04 Å². The summed E-state index contributed by atoms with van der Waals surface area (Å²) in [6.45, 7) is 8.23. The molecule has 2 aliphatic rings. The van der Waals surface area contributed by atoms with Crippen LogP contribution in [0.25, 0.3) is 6.08 Å². The maximum atomic E-state index is 14.1. The van der Waals surface area contributed by atoms with Crippen molar-refractivity contribution in [1.82, 2.24) is 9.47 Å². The normalized spacial score (nSPS) is 17.1. The van der Waals surface area contributed by atoms with E-state index in [0.717, 1.165) is 32.4 Å². The van der Waals surface area contributed by atoms with Crippen molar-refractivity contribution in [2.45, 2.75) is 46.1 Å². The summed E-state index contributed by atoms with van der Waals surface area (Å²) in [4.78, 5) is 48.5. The largest absolute Gasteiger partial charge is 0.496 e. The minimum atomic E-state index is -0.747. The van der Waals surface area contributed by atoms with E-state index in [4.69, 9.17) is 9.73 Å². The number of nitro benzene ring substituents is 1. The zero-order valence-corrected chi connectivity index (χ0v) is 25.1. The van der Waals surface area contributed by atoms with E-state index >= 15 is 0 Å². The molecule has 1 saturated heterocycles. The first-order chi connectivity index (χ1) is 20.3. The van der Waals surface area contributed by atoms with Gasteiger partial charge in [0, 0.05) is 37.8 Å². The predicted octanol–water partition coefficient (Wildman–Crippen LogP) is 4.01. The highest BCUT2D eigenvalue weighted by Crippen LogP contribution is 2.36. The van der Waals surface area contributed by atoms with Crippen molar-refractivity contribution in [3.63, 3.8) is 0 Å². The molecule has 3 heterocycles. The molecule has 11 heteroatoms. The molecule has 0 spiro atoms. The minimum Gasteiger partial charge on any atom is -0.496 e. The zero-order valence-electron chi connectivity index (χ0n) is 24.3. The molecular formula is C31H35N5O5S. The Labute approximate surface area is 248 Å². The summed E-state index contributed by atoms with van der Waals surface area (Å²) in [5, 5.41) is 12.0. The standard InChI is InChI=1S/C31H35N5O5S/c1-5-33(6-2)30(38)27-20(3)32-31-35(28(27)22-12-8-9-13-25(22)41-4)29(37)26(42-31)19-21-14-15-23(24(18-21)36(39)40)34-16-10-7-11-17-34/h8-9,12-15,18-19,28H,5-7,10-11,16-17H2,1-4H3/b26-19-/t28-/m0/s1. The number of carbonyl (C=O) groups is 1. The van der Waals surface area contributed by atoms with Crippen molar-refractivity contribution in [2.24, 2.45) is 4.99 Å². The Morgan fingerprint density at radius 1 is 1.17 bits per heavy atom. The van der Waals surface area contributed by atoms with Crippen LogP contribution in [0.3, 0.4) is 0 Å². The van der Waals surface area contributed by atoms with Gasteiger partial charge >= 0.3 is 0 Å². The van der Waals surface area contributed by atoms with Gasteiger partial charge in [-0.15, -0.1) is 0 Å². The average molecular weight is 590 g/mol. The highest BCUT2D eigenvalue weighted by molar-refractivity contribution is 7.07. The van der Waals surface area contributed by atoms with Crippen LogP contribution in [-0.2, 0) is 4.79 Å². The fourth-order valence-electron chi connectivity index (χ4n) is 5.79. The van der Waals surface area contributed by atoms with Crippen LogP contribution in [0.5, 0.6) is 5.75 Å². The van der Waals surface area contributed by atoms with Crippen molar-refractivity contribution in [3.05, 3.63) is 94.7 Å². The number of allylic oxidation sites excluding steroid dienone is 1. The molecule has 1 amide bonds. The molecule has 0 N–H and O–H groups in total. The predicted molar refractivity (Wildman–Crippen MR) is 164 cm³/mol.